The van der Waals surface area contributed by atoms with Gasteiger partial charge in [-0.2, -0.15) is 0 Å². The molecule has 4 heteroatoms. The Hall–Kier alpha value is -1.97. The van der Waals surface area contributed by atoms with Crippen LogP contribution in [-0.4, -0.2) is 24.6 Å². The van der Waals surface area contributed by atoms with Gasteiger partial charge in [-0.05, 0) is 51.5 Å². The van der Waals surface area contributed by atoms with Crippen molar-refractivity contribution in [3.63, 3.8) is 0 Å². The van der Waals surface area contributed by atoms with Crippen LogP contribution in [0.3, 0.4) is 0 Å². The normalized spacial score (nSPS) is 28.7. The zero-order valence-electron chi connectivity index (χ0n) is 16.7. The SMILES string of the molecule is CC(=O)O[C@@H]1C/C(C)=C/C/C=C(/C=O)[C@H](C=O)[C@H]1[C@@H](C)CCC=C(C)C. The molecule has 4 atom stereocenters. The average molecular weight is 360 g/mol. The molecule has 0 aliphatic heterocycles. The Morgan fingerprint density at radius 1 is 1.27 bits per heavy atom. The lowest BCUT2D eigenvalue weighted by Crippen LogP contribution is -2.38. The molecule has 0 amide bonds. The number of allylic oxidation sites excluding steroid dienone is 5. The Bertz CT molecular complexity index is 593. The molecule has 0 bridgehead atoms. The number of rotatable bonds is 7. The summed E-state index contributed by atoms with van der Waals surface area (Å²) >= 11 is 0. The van der Waals surface area contributed by atoms with Gasteiger partial charge < -0.3 is 9.53 Å². The Morgan fingerprint density at radius 3 is 2.50 bits per heavy atom. The van der Waals surface area contributed by atoms with Gasteiger partial charge in [-0.15, -0.1) is 0 Å². The topological polar surface area (TPSA) is 60.4 Å². The molecule has 0 heterocycles. The molecule has 0 unspecified atom stereocenters. The summed E-state index contributed by atoms with van der Waals surface area (Å²) < 4.78 is 5.64. The summed E-state index contributed by atoms with van der Waals surface area (Å²) in [5.41, 5.74) is 2.84. The van der Waals surface area contributed by atoms with Crippen molar-refractivity contribution in [3.8, 4) is 0 Å². The van der Waals surface area contributed by atoms with E-state index in [-0.39, 0.29) is 17.8 Å². The van der Waals surface area contributed by atoms with E-state index in [1.165, 1.54) is 12.5 Å². The smallest absolute Gasteiger partial charge is 0.302 e. The number of esters is 1. The maximum atomic E-state index is 11.9. The first-order chi connectivity index (χ1) is 12.3. The van der Waals surface area contributed by atoms with Crippen LogP contribution in [0.5, 0.6) is 0 Å². The quantitative estimate of drug-likeness (QED) is 0.378. The summed E-state index contributed by atoms with van der Waals surface area (Å²) in [6.45, 7) is 9.58. The molecule has 0 saturated heterocycles. The highest BCUT2D eigenvalue weighted by molar-refractivity contribution is 5.81. The van der Waals surface area contributed by atoms with E-state index in [4.69, 9.17) is 4.74 Å². The second kappa shape index (κ2) is 10.9. The summed E-state index contributed by atoms with van der Waals surface area (Å²) in [6.07, 6.45) is 10.2. The van der Waals surface area contributed by atoms with E-state index >= 15 is 0 Å². The molecule has 0 fully saturated rings. The van der Waals surface area contributed by atoms with Gasteiger partial charge in [0.15, 0.2) is 0 Å². The van der Waals surface area contributed by atoms with Gasteiger partial charge in [-0.3, -0.25) is 9.59 Å². The number of aldehydes is 2. The molecule has 1 rings (SSSR count). The van der Waals surface area contributed by atoms with Crippen molar-refractivity contribution in [1.82, 2.24) is 0 Å². The number of ether oxygens (including phenoxy) is 1. The highest BCUT2D eigenvalue weighted by Gasteiger charge is 2.37. The van der Waals surface area contributed by atoms with Crippen molar-refractivity contribution in [3.05, 3.63) is 34.9 Å². The van der Waals surface area contributed by atoms with Gasteiger partial charge >= 0.3 is 5.97 Å². The highest BCUT2D eigenvalue weighted by Crippen LogP contribution is 2.36. The predicted octanol–water partition coefficient (Wildman–Crippen LogP) is 4.60. The molecule has 0 aromatic carbocycles. The maximum absolute atomic E-state index is 11.9. The zero-order chi connectivity index (χ0) is 19.7. The van der Waals surface area contributed by atoms with E-state index in [0.29, 0.717) is 18.4 Å². The summed E-state index contributed by atoms with van der Waals surface area (Å²) in [5, 5.41) is 0. The van der Waals surface area contributed by atoms with E-state index in [9.17, 15) is 14.4 Å². The second-order valence-electron chi connectivity index (χ2n) is 7.54. The lowest BCUT2D eigenvalue weighted by molar-refractivity contribution is -0.152. The molecule has 144 valence electrons. The Morgan fingerprint density at radius 2 is 1.96 bits per heavy atom. The Kier molecular flexibility index (Phi) is 9.25. The molecule has 0 aromatic heterocycles. The van der Waals surface area contributed by atoms with Crippen molar-refractivity contribution in [2.45, 2.75) is 66.4 Å². The van der Waals surface area contributed by atoms with Crippen molar-refractivity contribution >= 4 is 18.5 Å². The fourth-order valence-electron chi connectivity index (χ4n) is 3.70. The zero-order valence-corrected chi connectivity index (χ0v) is 16.7. The number of hydrogen-bond donors (Lipinski definition) is 0. The minimum absolute atomic E-state index is 0.124. The second-order valence-corrected chi connectivity index (χ2v) is 7.54. The minimum atomic E-state index is -0.558. The van der Waals surface area contributed by atoms with Crippen LogP contribution in [0, 0.1) is 17.8 Å². The van der Waals surface area contributed by atoms with Crippen LogP contribution in [-0.2, 0) is 19.1 Å². The minimum Gasteiger partial charge on any atom is -0.462 e. The fraction of sp³-hybridized carbons (Fsp3) is 0.591. The molecule has 1 aliphatic rings. The Labute approximate surface area is 157 Å². The summed E-state index contributed by atoms with van der Waals surface area (Å²) in [5.74, 6) is -1.01. The first-order valence-electron chi connectivity index (χ1n) is 9.36. The van der Waals surface area contributed by atoms with Crippen LogP contribution in [0.25, 0.3) is 0 Å². The molecule has 4 nitrogen and oxygen atoms in total. The summed E-state index contributed by atoms with van der Waals surface area (Å²) in [6, 6.07) is 0. The third kappa shape index (κ3) is 6.74. The van der Waals surface area contributed by atoms with Gasteiger partial charge in [0, 0.05) is 25.2 Å². The van der Waals surface area contributed by atoms with Gasteiger partial charge in [-0.1, -0.05) is 36.3 Å². The van der Waals surface area contributed by atoms with Gasteiger partial charge in [0.25, 0.3) is 0 Å². The summed E-state index contributed by atoms with van der Waals surface area (Å²) in [7, 11) is 0. The van der Waals surface area contributed by atoms with E-state index in [0.717, 1.165) is 31.0 Å². The first kappa shape index (κ1) is 22.1. The molecule has 1 aliphatic carbocycles. The maximum Gasteiger partial charge on any atom is 0.302 e. The Balaban J connectivity index is 3.28. The number of carbonyl (C=O) groups is 3. The highest BCUT2D eigenvalue weighted by atomic mass is 16.5. The van der Waals surface area contributed by atoms with Crippen LogP contribution in [0.2, 0.25) is 0 Å². The van der Waals surface area contributed by atoms with E-state index in [1.54, 1.807) is 0 Å². The molecule has 0 saturated carbocycles. The van der Waals surface area contributed by atoms with Crippen LogP contribution in [0.4, 0.5) is 0 Å². The summed E-state index contributed by atoms with van der Waals surface area (Å²) in [4.78, 5) is 35.3. The molecule has 0 spiro atoms. The van der Waals surface area contributed by atoms with Crippen LogP contribution in [0.15, 0.2) is 34.9 Å². The molecule has 0 N–H and O–H groups in total. The van der Waals surface area contributed by atoms with Gasteiger partial charge in [0.05, 0.1) is 0 Å². The van der Waals surface area contributed by atoms with Crippen LogP contribution in [0.1, 0.15) is 60.3 Å². The lowest BCUT2D eigenvalue weighted by Gasteiger charge is -2.35. The predicted molar refractivity (Wildman–Crippen MR) is 104 cm³/mol. The van der Waals surface area contributed by atoms with Crippen LogP contribution < -0.4 is 0 Å². The van der Waals surface area contributed by atoms with Gasteiger partial charge in [-0.25, -0.2) is 0 Å². The largest absolute Gasteiger partial charge is 0.462 e. The van der Waals surface area contributed by atoms with Crippen molar-refractivity contribution in [2.75, 3.05) is 0 Å². The monoisotopic (exact) mass is 360 g/mol. The molecular formula is C22H32O4. The van der Waals surface area contributed by atoms with E-state index in [1.807, 2.05) is 19.1 Å². The van der Waals surface area contributed by atoms with Crippen molar-refractivity contribution in [2.24, 2.45) is 17.8 Å². The average Bonchev–Trinajstić information content (AvgIpc) is 2.61. The number of hydrogen-bond acceptors (Lipinski definition) is 4. The van der Waals surface area contributed by atoms with E-state index < -0.39 is 12.0 Å². The molecular weight excluding hydrogens is 328 g/mol. The van der Waals surface area contributed by atoms with Crippen molar-refractivity contribution in [1.29, 1.82) is 0 Å². The fourth-order valence-corrected chi connectivity index (χ4v) is 3.70. The van der Waals surface area contributed by atoms with Gasteiger partial charge in [0.2, 0.25) is 0 Å². The van der Waals surface area contributed by atoms with E-state index in [2.05, 4.69) is 26.8 Å². The number of carbonyl (C=O) groups excluding carboxylic acids is 3. The molecule has 26 heavy (non-hydrogen) atoms. The lowest BCUT2D eigenvalue weighted by atomic mass is 9.73. The molecule has 0 aromatic rings. The van der Waals surface area contributed by atoms with Gasteiger partial charge in [0.1, 0.15) is 18.7 Å². The first-order valence-corrected chi connectivity index (χ1v) is 9.36. The third-order valence-corrected chi connectivity index (χ3v) is 5.00. The van der Waals surface area contributed by atoms with Crippen LogP contribution >= 0.6 is 0 Å². The third-order valence-electron chi connectivity index (χ3n) is 5.00. The van der Waals surface area contributed by atoms with Crippen molar-refractivity contribution < 1.29 is 19.1 Å². The molecule has 0 radical (unpaired) electrons. The standard InChI is InChI=1S/C22H32O4/c1-15(2)8-6-10-17(4)22-20(14-24)19(13-23)11-7-9-16(3)12-21(22)26-18(5)25/h8-9,11,13-14,17,20-22H,6-7,10,12H2,1-5H3/b16-9+,19-11-/t17-,20-,21+,22+/m0/s1.